The maximum Gasteiger partial charge on any atom is 0.248 e. The van der Waals surface area contributed by atoms with Gasteiger partial charge < -0.3 is 19.9 Å². The maximum absolute atomic E-state index is 11.4. The zero-order valence-corrected chi connectivity index (χ0v) is 15.7. The standard InChI is InChI=1S/C22H24N2O4/c23-22(25)15-2-1-3-18(9-15)28-19-10-16-5-6-17(11-19)24(16)12-14-4-7-20-21(8-14)27-13-26-20/h1-4,7-9,16-17,19H,5-6,10-13H2,(H2,23,25)/t16-,17+,19?. The quantitative estimate of drug-likeness (QED) is 0.863. The van der Waals surface area contributed by atoms with Crippen LogP contribution in [0.25, 0.3) is 0 Å². The number of carbonyl (C=O) groups is 1. The van der Waals surface area contributed by atoms with Gasteiger partial charge in [0.1, 0.15) is 11.9 Å². The molecule has 0 aromatic heterocycles. The first-order valence-electron chi connectivity index (χ1n) is 9.86. The monoisotopic (exact) mass is 380 g/mol. The lowest BCUT2D eigenvalue weighted by Crippen LogP contribution is -2.45. The number of benzene rings is 2. The minimum Gasteiger partial charge on any atom is -0.490 e. The van der Waals surface area contributed by atoms with Crippen LogP contribution in [0.2, 0.25) is 0 Å². The van der Waals surface area contributed by atoms with E-state index in [0.717, 1.165) is 36.6 Å². The third-order valence-electron chi connectivity index (χ3n) is 6.06. The van der Waals surface area contributed by atoms with Gasteiger partial charge in [0.2, 0.25) is 12.7 Å². The van der Waals surface area contributed by atoms with Crippen molar-refractivity contribution in [1.29, 1.82) is 0 Å². The fraction of sp³-hybridized carbons (Fsp3) is 0.409. The number of ether oxygens (including phenoxy) is 3. The Bertz CT molecular complexity index is 886. The fourth-order valence-electron chi connectivity index (χ4n) is 4.74. The molecule has 146 valence electrons. The lowest BCUT2D eigenvalue weighted by Gasteiger charge is -2.39. The third-order valence-corrected chi connectivity index (χ3v) is 6.06. The Balaban J connectivity index is 1.25. The minimum absolute atomic E-state index is 0.175. The molecular formula is C22H24N2O4. The van der Waals surface area contributed by atoms with Gasteiger partial charge in [-0.2, -0.15) is 0 Å². The number of nitrogens with two attached hydrogens (primary N) is 1. The summed E-state index contributed by atoms with van der Waals surface area (Å²) in [6.07, 6.45) is 4.59. The molecule has 5 rings (SSSR count). The smallest absolute Gasteiger partial charge is 0.248 e. The van der Waals surface area contributed by atoms with Crippen LogP contribution in [-0.2, 0) is 6.54 Å². The number of fused-ring (bicyclic) bond motifs is 3. The molecular weight excluding hydrogens is 356 g/mol. The molecule has 6 heteroatoms. The van der Waals surface area contributed by atoms with Crippen LogP contribution in [0.3, 0.4) is 0 Å². The highest BCUT2D eigenvalue weighted by atomic mass is 16.7. The summed E-state index contributed by atoms with van der Waals surface area (Å²) in [6, 6.07) is 14.4. The predicted octanol–water partition coefficient (Wildman–Crippen LogP) is 3.09. The average molecular weight is 380 g/mol. The van der Waals surface area contributed by atoms with E-state index in [4.69, 9.17) is 19.9 Å². The molecule has 3 aliphatic heterocycles. The summed E-state index contributed by atoms with van der Waals surface area (Å²) < 4.78 is 17.1. The van der Waals surface area contributed by atoms with Gasteiger partial charge in [0.05, 0.1) is 0 Å². The Kier molecular flexibility index (Phi) is 4.36. The van der Waals surface area contributed by atoms with Crippen molar-refractivity contribution < 1.29 is 19.0 Å². The summed E-state index contributed by atoms with van der Waals surface area (Å²) >= 11 is 0. The number of hydrogen-bond acceptors (Lipinski definition) is 5. The van der Waals surface area contributed by atoms with E-state index in [-0.39, 0.29) is 6.10 Å². The number of nitrogens with zero attached hydrogens (tertiary/aromatic N) is 1. The van der Waals surface area contributed by atoms with Crippen LogP contribution in [0.1, 0.15) is 41.6 Å². The van der Waals surface area contributed by atoms with Crippen LogP contribution in [0.5, 0.6) is 17.2 Å². The summed E-state index contributed by atoms with van der Waals surface area (Å²) in [5, 5.41) is 0. The molecule has 2 N–H and O–H groups in total. The second-order valence-electron chi connectivity index (χ2n) is 7.85. The maximum atomic E-state index is 11.4. The molecule has 2 fully saturated rings. The minimum atomic E-state index is -0.427. The first kappa shape index (κ1) is 17.4. The second kappa shape index (κ2) is 7.02. The van der Waals surface area contributed by atoms with Gasteiger partial charge in [-0.05, 0) is 61.6 Å². The van der Waals surface area contributed by atoms with Gasteiger partial charge in [0.15, 0.2) is 11.5 Å². The molecule has 0 saturated carbocycles. The van der Waals surface area contributed by atoms with E-state index in [1.165, 1.54) is 18.4 Å². The van der Waals surface area contributed by atoms with Crippen molar-refractivity contribution in [1.82, 2.24) is 4.90 Å². The lowest BCUT2D eigenvalue weighted by atomic mass is 9.98. The molecule has 0 aliphatic carbocycles. The third kappa shape index (κ3) is 3.29. The van der Waals surface area contributed by atoms with Crippen molar-refractivity contribution in [3.63, 3.8) is 0 Å². The summed E-state index contributed by atoms with van der Waals surface area (Å²) in [7, 11) is 0. The second-order valence-corrected chi connectivity index (χ2v) is 7.85. The van der Waals surface area contributed by atoms with Gasteiger partial charge in [-0.25, -0.2) is 0 Å². The topological polar surface area (TPSA) is 74.0 Å². The molecule has 2 bridgehead atoms. The van der Waals surface area contributed by atoms with Crippen LogP contribution >= 0.6 is 0 Å². The van der Waals surface area contributed by atoms with Crippen molar-refractivity contribution in [2.24, 2.45) is 5.73 Å². The summed E-state index contributed by atoms with van der Waals surface area (Å²) in [4.78, 5) is 14.0. The van der Waals surface area contributed by atoms with Crippen LogP contribution in [0.15, 0.2) is 42.5 Å². The highest BCUT2D eigenvalue weighted by Crippen LogP contribution is 2.39. The van der Waals surface area contributed by atoms with Gasteiger partial charge in [-0.1, -0.05) is 12.1 Å². The van der Waals surface area contributed by atoms with E-state index in [0.29, 0.717) is 24.4 Å². The Labute approximate surface area is 164 Å². The van der Waals surface area contributed by atoms with E-state index in [1.807, 2.05) is 18.2 Å². The first-order chi connectivity index (χ1) is 13.7. The molecule has 2 aromatic carbocycles. The van der Waals surface area contributed by atoms with Gasteiger partial charge in [-0.15, -0.1) is 0 Å². The Morgan fingerprint density at radius 3 is 2.64 bits per heavy atom. The Hall–Kier alpha value is -2.73. The van der Waals surface area contributed by atoms with E-state index < -0.39 is 5.91 Å². The normalized spacial score (nSPS) is 25.6. The lowest BCUT2D eigenvalue weighted by molar-refractivity contribution is 0.0444. The van der Waals surface area contributed by atoms with Gasteiger partial charge in [-0.3, -0.25) is 9.69 Å². The number of primary amides is 1. The van der Waals surface area contributed by atoms with Crippen LogP contribution in [0.4, 0.5) is 0 Å². The van der Waals surface area contributed by atoms with E-state index in [9.17, 15) is 4.79 Å². The summed E-state index contributed by atoms with van der Waals surface area (Å²) in [6.45, 7) is 1.24. The van der Waals surface area contributed by atoms with Crippen LogP contribution < -0.4 is 19.9 Å². The van der Waals surface area contributed by atoms with E-state index in [1.54, 1.807) is 12.1 Å². The van der Waals surface area contributed by atoms with Crippen LogP contribution in [-0.4, -0.2) is 35.8 Å². The van der Waals surface area contributed by atoms with E-state index in [2.05, 4.69) is 17.0 Å². The molecule has 3 aliphatic rings. The fourth-order valence-corrected chi connectivity index (χ4v) is 4.74. The van der Waals surface area contributed by atoms with Crippen molar-refractivity contribution in [3.05, 3.63) is 53.6 Å². The van der Waals surface area contributed by atoms with Gasteiger partial charge in [0.25, 0.3) is 0 Å². The molecule has 3 atom stereocenters. The highest BCUT2D eigenvalue weighted by Gasteiger charge is 2.41. The van der Waals surface area contributed by atoms with Crippen molar-refractivity contribution in [2.75, 3.05) is 6.79 Å². The number of piperidine rings is 1. The Morgan fingerprint density at radius 1 is 1.07 bits per heavy atom. The number of carbonyl (C=O) groups excluding carboxylic acids is 1. The van der Waals surface area contributed by atoms with Gasteiger partial charge >= 0.3 is 0 Å². The first-order valence-corrected chi connectivity index (χ1v) is 9.86. The largest absolute Gasteiger partial charge is 0.490 e. The summed E-state index contributed by atoms with van der Waals surface area (Å²) in [5.41, 5.74) is 7.12. The number of amides is 1. The molecule has 28 heavy (non-hydrogen) atoms. The Morgan fingerprint density at radius 2 is 1.86 bits per heavy atom. The average Bonchev–Trinajstić information content (AvgIpc) is 3.24. The summed E-state index contributed by atoms with van der Waals surface area (Å²) in [5.74, 6) is 1.98. The molecule has 2 aromatic rings. The van der Waals surface area contributed by atoms with Crippen molar-refractivity contribution in [3.8, 4) is 17.2 Å². The molecule has 1 amide bonds. The molecule has 6 nitrogen and oxygen atoms in total. The molecule has 0 spiro atoms. The van der Waals surface area contributed by atoms with Gasteiger partial charge in [0, 0.05) is 24.2 Å². The predicted molar refractivity (Wildman–Crippen MR) is 104 cm³/mol. The molecule has 2 saturated heterocycles. The molecule has 1 unspecified atom stereocenters. The zero-order chi connectivity index (χ0) is 19.1. The van der Waals surface area contributed by atoms with Crippen LogP contribution in [0, 0.1) is 0 Å². The van der Waals surface area contributed by atoms with E-state index >= 15 is 0 Å². The number of rotatable bonds is 5. The molecule has 3 heterocycles. The zero-order valence-electron chi connectivity index (χ0n) is 15.7. The number of hydrogen-bond donors (Lipinski definition) is 1. The highest BCUT2D eigenvalue weighted by molar-refractivity contribution is 5.93. The molecule has 0 radical (unpaired) electrons. The SMILES string of the molecule is NC(=O)c1cccc(OC2C[C@H]3CC[C@@H](C2)N3Cc2ccc3c(c2)OCO3)c1. The van der Waals surface area contributed by atoms with Crippen molar-refractivity contribution in [2.45, 2.75) is 50.4 Å². The van der Waals surface area contributed by atoms with Crippen molar-refractivity contribution >= 4 is 5.91 Å².